The zero-order valence-corrected chi connectivity index (χ0v) is 23.0. The molecular formula is C28H27BF2N5O5. The highest BCUT2D eigenvalue weighted by Gasteiger charge is 2.37. The van der Waals surface area contributed by atoms with Crippen LogP contribution in [0.1, 0.15) is 18.2 Å². The quantitative estimate of drug-likeness (QED) is 0.258. The summed E-state index contributed by atoms with van der Waals surface area (Å²) in [4.78, 5) is 32.5. The van der Waals surface area contributed by atoms with Gasteiger partial charge in [-0.05, 0) is 37.3 Å². The number of carbonyl (C=O) groups excluding carboxylic acids is 2. The molecule has 3 aromatic rings. The van der Waals surface area contributed by atoms with Crippen molar-refractivity contribution in [3.8, 4) is 11.5 Å². The number of nitrogens with one attached hydrogen (secondary N) is 2. The number of carbonyl (C=O) groups is 2. The van der Waals surface area contributed by atoms with Gasteiger partial charge in [-0.2, -0.15) is 0 Å². The van der Waals surface area contributed by atoms with Crippen LogP contribution in [0.3, 0.4) is 0 Å². The maximum Gasteiger partial charge on any atom is 0.411 e. The van der Waals surface area contributed by atoms with Crippen molar-refractivity contribution >= 4 is 53.4 Å². The first-order valence-electron chi connectivity index (χ1n) is 12.4. The van der Waals surface area contributed by atoms with E-state index in [9.17, 15) is 9.59 Å². The third-order valence-electron chi connectivity index (χ3n) is 6.34. The number of aromatic nitrogens is 1. The van der Waals surface area contributed by atoms with E-state index in [4.69, 9.17) is 14.9 Å². The molecule has 1 aliphatic rings. The number of benzene rings is 2. The molecule has 0 saturated heterocycles. The van der Waals surface area contributed by atoms with Crippen LogP contribution in [0.2, 0.25) is 6.82 Å². The van der Waals surface area contributed by atoms with Gasteiger partial charge in [0.15, 0.2) is 23.1 Å². The van der Waals surface area contributed by atoms with Gasteiger partial charge in [-0.1, -0.05) is 6.82 Å². The van der Waals surface area contributed by atoms with Gasteiger partial charge in [0.25, 0.3) is 0 Å². The van der Waals surface area contributed by atoms with Crippen molar-refractivity contribution in [2.24, 2.45) is 0 Å². The highest BCUT2D eigenvalue weighted by Crippen LogP contribution is 2.43. The molecule has 4 rings (SSSR count). The normalized spacial score (nSPS) is 13.0. The van der Waals surface area contributed by atoms with Crippen molar-refractivity contribution in [3.63, 3.8) is 0 Å². The van der Waals surface area contributed by atoms with Gasteiger partial charge in [-0.25, -0.2) is 18.4 Å². The average Bonchev–Trinajstić information content (AvgIpc) is 2.96. The van der Waals surface area contributed by atoms with E-state index < -0.39 is 29.4 Å². The zero-order chi connectivity index (χ0) is 29.8. The SMILES string of the molecule is C[B]/C=C(\C(C)=N)c1cc2c(cn1)CN(c1c(F)c(OC)cc(OC)c1F)C(=O)N2c1ccc(NC(=O)OC)cc1. The van der Waals surface area contributed by atoms with E-state index in [0.717, 1.165) is 11.0 Å². The molecule has 0 spiro atoms. The lowest BCUT2D eigenvalue weighted by atomic mass is 9.79. The first-order valence-corrected chi connectivity index (χ1v) is 12.4. The summed E-state index contributed by atoms with van der Waals surface area (Å²) in [6.45, 7) is 3.22. The van der Waals surface area contributed by atoms with Gasteiger partial charge in [0.1, 0.15) is 13.0 Å². The number of allylic oxidation sites excluding steroid dienone is 1. The number of amides is 3. The Morgan fingerprint density at radius 2 is 1.73 bits per heavy atom. The van der Waals surface area contributed by atoms with Gasteiger partial charge in [0, 0.05) is 34.8 Å². The molecule has 0 aliphatic carbocycles. The maximum atomic E-state index is 15.5. The van der Waals surface area contributed by atoms with Crippen LogP contribution in [0, 0.1) is 17.0 Å². The number of nitrogens with zero attached hydrogens (tertiary/aromatic N) is 3. The van der Waals surface area contributed by atoms with E-state index in [1.807, 2.05) is 6.82 Å². The van der Waals surface area contributed by atoms with E-state index in [-0.39, 0.29) is 23.8 Å². The second-order valence-corrected chi connectivity index (χ2v) is 8.86. The Hall–Kier alpha value is -4.94. The molecule has 1 aromatic heterocycles. The number of urea groups is 1. The molecule has 0 saturated carbocycles. The minimum atomic E-state index is -1.08. The van der Waals surface area contributed by atoms with Crippen molar-refractivity contribution < 1.29 is 32.6 Å². The van der Waals surface area contributed by atoms with E-state index in [0.29, 0.717) is 33.9 Å². The van der Waals surface area contributed by atoms with Gasteiger partial charge < -0.3 is 19.6 Å². The molecule has 2 heterocycles. The summed E-state index contributed by atoms with van der Waals surface area (Å²) in [5.74, 6) is -1.02. The zero-order valence-electron chi connectivity index (χ0n) is 23.0. The number of fused-ring (bicyclic) bond motifs is 1. The highest BCUT2D eigenvalue weighted by atomic mass is 19.1. The topological polar surface area (TPSA) is 117 Å². The molecule has 13 heteroatoms. The Balaban J connectivity index is 1.91. The fourth-order valence-corrected chi connectivity index (χ4v) is 4.38. The van der Waals surface area contributed by atoms with Crippen molar-refractivity contribution in [3.05, 3.63) is 71.5 Å². The third kappa shape index (κ3) is 5.56. The first kappa shape index (κ1) is 29.1. The molecule has 10 nitrogen and oxygen atoms in total. The fourth-order valence-electron chi connectivity index (χ4n) is 4.38. The number of ether oxygens (including phenoxy) is 3. The monoisotopic (exact) mass is 562 g/mol. The summed E-state index contributed by atoms with van der Waals surface area (Å²) in [6.07, 6.45) is 0.829. The van der Waals surface area contributed by atoms with Crippen LogP contribution in [0.4, 0.5) is 41.1 Å². The summed E-state index contributed by atoms with van der Waals surface area (Å²) in [5, 5.41) is 10.7. The van der Waals surface area contributed by atoms with Crippen LogP contribution in [-0.2, 0) is 11.3 Å². The molecule has 0 fully saturated rings. The minimum absolute atomic E-state index is 0.216. The van der Waals surface area contributed by atoms with Crippen LogP contribution >= 0.6 is 0 Å². The molecule has 3 amide bonds. The van der Waals surface area contributed by atoms with Gasteiger partial charge in [-0.3, -0.25) is 20.1 Å². The lowest BCUT2D eigenvalue weighted by Crippen LogP contribution is -2.46. The van der Waals surface area contributed by atoms with E-state index >= 15 is 8.78 Å². The van der Waals surface area contributed by atoms with Gasteiger partial charge in [0.05, 0.1) is 44.9 Å². The van der Waals surface area contributed by atoms with Crippen molar-refractivity contribution in [1.82, 2.24) is 4.98 Å². The molecule has 41 heavy (non-hydrogen) atoms. The number of anilines is 4. The second-order valence-electron chi connectivity index (χ2n) is 8.86. The van der Waals surface area contributed by atoms with Crippen LogP contribution in [0.15, 0.2) is 48.6 Å². The Morgan fingerprint density at radius 3 is 2.27 bits per heavy atom. The molecule has 2 aromatic carbocycles. The highest BCUT2D eigenvalue weighted by molar-refractivity contribution is 6.45. The maximum absolute atomic E-state index is 15.5. The largest absolute Gasteiger partial charge is 0.493 e. The molecule has 1 radical (unpaired) electrons. The van der Waals surface area contributed by atoms with Crippen molar-refractivity contribution in [2.45, 2.75) is 20.3 Å². The number of methoxy groups -OCH3 is 3. The Morgan fingerprint density at radius 1 is 1.10 bits per heavy atom. The predicted molar refractivity (Wildman–Crippen MR) is 153 cm³/mol. The average molecular weight is 562 g/mol. The van der Waals surface area contributed by atoms with Crippen molar-refractivity contribution in [2.75, 3.05) is 36.4 Å². The number of rotatable bonds is 8. The lowest BCUT2D eigenvalue weighted by molar-refractivity contribution is 0.187. The molecule has 0 bridgehead atoms. The Kier molecular flexibility index (Phi) is 8.55. The molecule has 0 unspecified atom stereocenters. The van der Waals surface area contributed by atoms with Gasteiger partial charge in [0.2, 0.25) is 0 Å². The number of hydrogen-bond acceptors (Lipinski definition) is 7. The summed E-state index contributed by atoms with van der Waals surface area (Å²) in [5.41, 5.74) is 2.21. The molecule has 1 aliphatic heterocycles. The number of halogens is 2. The van der Waals surface area contributed by atoms with Gasteiger partial charge in [-0.15, -0.1) is 5.98 Å². The summed E-state index contributed by atoms with van der Waals surface area (Å²) >= 11 is 0. The van der Waals surface area contributed by atoms with Crippen LogP contribution in [-0.4, -0.2) is 51.4 Å². The van der Waals surface area contributed by atoms with E-state index in [2.05, 4.69) is 15.0 Å². The smallest absolute Gasteiger partial charge is 0.411 e. The van der Waals surface area contributed by atoms with Crippen LogP contribution in [0.5, 0.6) is 11.5 Å². The molecule has 0 atom stereocenters. The number of hydrogen-bond donors (Lipinski definition) is 2. The van der Waals surface area contributed by atoms with Crippen molar-refractivity contribution in [1.29, 1.82) is 5.41 Å². The Bertz CT molecular complexity index is 1520. The summed E-state index contributed by atoms with van der Waals surface area (Å²) in [6, 6.07) is 8.17. The molecule has 211 valence electrons. The standard InChI is InChI=1S/C28H27BF2N5O5/c1-15(32)19(12-29-2)20-10-21-16(13-33-20)14-35(26-24(30)22(39-3)11-23(40-4)25(26)31)28(38)36(21)18-8-6-17(7-9-18)34-27(37)41-5/h6-13,32H,14H2,1-5H3,(H,34,37)/b19-12+,32-15?. The lowest BCUT2D eigenvalue weighted by Gasteiger charge is -2.37. The summed E-state index contributed by atoms with van der Waals surface area (Å²) < 4.78 is 45.8. The van der Waals surface area contributed by atoms with Crippen LogP contribution in [0.25, 0.3) is 5.57 Å². The molecular weight excluding hydrogens is 535 g/mol. The number of pyridine rings is 1. The van der Waals surface area contributed by atoms with Gasteiger partial charge >= 0.3 is 12.1 Å². The van der Waals surface area contributed by atoms with Crippen LogP contribution < -0.4 is 24.6 Å². The fraction of sp³-hybridized carbons (Fsp3) is 0.214. The second kappa shape index (κ2) is 12.1. The van der Waals surface area contributed by atoms with E-state index in [1.54, 1.807) is 50.5 Å². The minimum Gasteiger partial charge on any atom is -0.493 e. The molecule has 2 N–H and O–H groups in total. The first-order chi connectivity index (χ1) is 19.6. The Labute approximate surface area is 236 Å². The summed E-state index contributed by atoms with van der Waals surface area (Å²) in [7, 11) is 5.44. The third-order valence-corrected chi connectivity index (χ3v) is 6.34. The predicted octanol–water partition coefficient (Wildman–Crippen LogP) is 5.97. The van der Waals surface area contributed by atoms with E-state index in [1.165, 1.54) is 32.4 Å².